The summed E-state index contributed by atoms with van der Waals surface area (Å²) in [6, 6.07) is -1.70. The molecule has 0 fully saturated rings. The van der Waals surface area contributed by atoms with Gasteiger partial charge in [-0.2, -0.15) is 8.42 Å². The third kappa shape index (κ3) is 113. The quantitative estimate of drug-likeness (QED) is 0.445. The van der Waals surface area contributed by atoms with E-state index in [1.54, 1.807) is 0 Å². The fraction of sp³-hybridized carbons (Fsp3) is 0.800. The molecule has 0 bridgehead atoms. The zero-order chi connectivity index (χ0) is 12.2. The summed E-state index contributed by atoms with van der Waals surface area (Å²) < 4.78 is 36.4. The molecule has 0 radical (unpaired) electrons. The number of carboxylic acid groups (broad SMARTS) is 1. The van der Waals surface area contributed by atoms with Gasteiger partial charge in [0, 0.05) is 6.92 Å². The van der Waals surface area contributed by atoms with Crippen molar-refractivity contribution in [3.8, 4) is 0 Å². The Morgan fingerprint density at radius 1 is 1.29 bits per heavy atom. The normalized spacial score (nSPS) is 8.93. The zero-order valence-electron chi connectivity index (χ0n) is 7.42. The zero-order valence-corrected chi connectivity index (χ0v) is 8.24. The molecule has 0 aromatic heterocycles. The largest absolute Gasteiger partial charge is 0.481 e. The van der Waals surface area contributed by atoms with E-state index >= 15 is 0 Å². The highest BCUT2D eigenvalue weighted by atomic mass is 32.2. The molecule has 4 N–H and O–H groups in total. The molecular formula is C5H13FO7S. The number of alkyl halides is 1. The molecular weight excluding hydrogens is 223 g/mol. The molecule has 7 nitrogen and oxygen atoms in total. The van der Waals surface area contributed by atoms with Gasteiger partial charge in [0.05, 0.1) is 13.2 Å². The molecule has 0 rings (SSSR count). The molecule has 0 heterocycles. The minimum Gasteiger partial charge on any atom is -0.481 e. The van der Waals surface area contributed by atoms with Crippen molar-refractivity contribution in [1.82, 2.24) is 0 Å². The van der Waals surface area contributed by atoms with E-state index in [2.05, 4.69) is 0 Å². The van der Waals surface area contributed by atoms with Crippen molar-refractivity contribution < 1.29 is 37.5 Å². The second kappa shape index (κ2) is 12.2. The van der Waals surface area contributed by atoms with Gasteiger partial charge in [0.1, 0.15) is 0 Å². The molecule has 0 saturated heterocycles. The highest BCUT2D eigenvalue weighted by molar-refractivity contribution is 7.85. The number of rotatable bonds is 2. The molecule has 0 saturated carbocycles. The summed E-state index contributed by atoms with van der Waals surface area (Å²) in [7, 11) is -4.33. The van der Waals surface area contributed by atoms with Crippen LogP contribution in [-0.2, 0) is 14.9 Å². The number of aliphatic hydroxyl groups excluding tert-OH is 2. The average molecular weight is 236 g/mol. The standard InChI is InChI=1S/C2H4O2.C2H6O2.CH3FO3S/c1-2(3)4;3-1-2-4;2-1-6(3,4)5/h1H3,(H,3,4);3-4H,1-2H2;1H2,(H,3,4,5). The van der Waals surface area contributed by atoms with Crippen LogP contribution in [0.15, 0.2) is 0 Å². The Morgan fingerprint density at radius 2 is 1.43 bits per heavy atom. The molecule has 14 heavy (non-hydrogen) atoms. The fourth-order valence-electron chi connectivity index (χ4n) is 0. The van der Waals surface area contributed by atoms with Gasteiger partial charge in [-0.15, -0.1) is 0 Å². The molecule has 0 atom stereocenters. The number of aliphatic hydroxyl groups is 2. The third-order valence-corrected chi connectivity index (χ3v) is 0.514. The maximum Gasteiger partial charge on any atom is 0.300 e. The minimum absolute atomic E-state index is 0.125. The van der Waals surface area contributed by atoms with Gasteiger partial charge in [-0.25, -0.2) is 4.39 Å². The van der Waals surface area contributed by atoms with Gasteiger partial charge in [-0.05, 0) is 0 Å². The summed E-state index contributed by atoms with van der Waals surface area (Å²) in [5.74, 6) is -0.833. The van der Waals surface area contributed by atoms with Crippen LogP contribution in [0, 0.1) is 0 Å². The topological polar surface area (TPSA) is 132 Å². The summed E-state index contributed by atoms with van der Waals surface area (Å²) in [5, 5.41) is 22.7. The van der Waals surface area contributed by atoms with Gasteiger partial charge in [0.2, 0.25) is 6.01 Å². The minimum atomic E-state index is -4.33. The van der Waals surface area contributed by atoms with Crippen LogP contribution >= 0.6 is 0 Å². The van der Waals surface area contributed by atoms with Crippen molar-refractivity contribution in [3.63, 3.8) is 0 Å². The highest BCUT2D eigenvalue weighted by Gasteiger charge is 1.97. The van der Waals surface area contributed by atoms with Crippen LogP contribution in [0.25, 0.3) is 0 Å². The van der Waals surface area contributed by atoms with E-state index in [1.807, 2.05) is 0 Å². The first-order chi connectivity index (χ1) is 6.21. The Labute approximate surface area is 80.5 Å². The van der Waals surface area contributed by atoms with Gasteiger partial charge < -0.3 is 15.3 Å². The van der Waals surface area contributed by atoms with Crippen molar-refractivity contribution in [3.05, 3.63) is 0 Å². The molecule has 0 amide bonds. The Balaban J connectivity index is -0.000000135. The smallest absolute Gasteiger partial charge is 0.300 e. The lowest BCUT2D eigenvalue weighted by Crippen LogP contribution is -1.96. The van der Waals surface area contributed by atoms with Crippen molar-refractivity contribution in [2.24, 2.45) is 0 Å². The van der Waals surface area contributed by atoms with Gasteiger partial charge >= 0.3 is 0 Å². The predicted molar refractivity (Wildman–Crippen MR) is 45.0 cm³/mol. The van der Waals surface area contributed by atoms with Gasteiger partial charge in [0.15, 0.2) is 0 Å². The molecule has 0 aliphatic rings. The average Bonchev–Trinajstić information content (AvgIpc) is 2.03. The molecule has 0 aliphatic heterocycles. The first-order valence-corrected chi connectivity index (χ1v) is 4.74. The van der Waals surface area contributed by atoms with Gasteiger partial charge in [-0.3, -0.25) is 9.35 Å². The van der Waals surface area contributed by atoms with Crippen LogP contribution in [0.5, 0.6) is 0 Å². The number of carboxylic acids is 1. The lowest BCUT2D eigenvalue weighted by Gasteiger charge is -1.77. The first-order valence-electron chi connectivity index (χ1n) is 3.13. The van der Waals surface area contributed by atoms with Crippen LogP contribution in [0.3, 0.4) is 0 Å². The van der Waals surface area contributed by atoms with E-state index in [0.717, 1.165) is 6.92 Å². The SMILES string of the molecule is CC(=O)O.O=S(=O)(O)CF.OCCO. The summed E-state index contributed by atoms with van der Waals surface area (Å²) in [6.07, 6.45) is 0. The Hall–Kier alpha value is -0.770. The van der Waals surface area contributed by atoms with Crippen LogP contribution in [0.2, 0.25) is 0 Å². The number of halogens is 1. The molecule has 9 heteroatoms. The first kappa shape index (κ1) is 18.9. The van der Waals surface area contributed by atoms with E-state index in [1.165, 1.54) is 0 Å². The molecule has 0 unspecified atom stereocenters. The van der Waals surface area contributed by atoms with E-state index < -0.39 is 22.1 Å². The molecule has 0 spiro atoms. The Bertz CT molecular complexity index is 206. The lowest BCUT2D eigenvalue weighted by molar-refractivity contribution is -0.134. The second-order valence-corrected chi connectivity index (χ2v) is 3.04. The predicted octanol–water partition coefficient (Wildman–Crippen LogP) is -1.14. The van der Waals surface area contributed by atoms with Gasteiger partial charge in [-0.1, -0.05) is 0 Å². The summed E-state index contributed by atoms with van der Waals surface area (Å²) in [6.45, 7) is 0.833. The van der Waals surface area contributed by atoms with E-state index in [0.29, 0.717) is 0 Å². The summed E-state index contributed by atoms with van der Waals surface area (Å²) >= 11 is 0. The fourth-order valence-corrected chi connectivity index (χ4v) is 0. The number of hydrogen-bond acceptors (Lipinski definition) is 5. The van der Waals surface area contributed by atoms with E-state index in [9.17, 15) is 12.8 Å². The number of carbonyl (C=O) groups is 1. The van der Waals surface area contributed by atoms with Crippen molar-refractivity contribution in [1.29, 1.82) is 0 Å². The Kier molecular flexibility index (Phi) is 16.5. The van der Waals surface area contributed by atoms with Crippen molar-refractivity contribution in [2.75, 3.05) is 19.2 Å². The monoisotopic (exact) mass is 236 g/mol. The van der Waals surface area contributed by atoms with Gasteiger partial charge in [0.25, 0.3) is 16.1 Å². The number of hydrogen-bond donors (Lipinski definition) is 4. The Morgan fingerprint density at radius 3 is 1.43 bits per heavy atom. The van der Waals surface area contributed by atoms with Crippen LogP contribution in [0.1, 0.15) is 6.92 Å². The van der Waals surface area contributed by atoms with Crippen LogP contribution in [-0.4, -0.2) is 53.5 Å². The molecule has 88 valence electrons. The molecule has 0 aliphatic carbocycles. The lowest BCUT2D eigenvalue weighted by atomic mass is 10.8. The second-order valence-electron chi connectivity index (χ2n) is 1.66. The van der Waals surface area contributed by atoms with Crippen LogP contribution in [0.4, 0.5) is 4.39 Å². The molecule has 0 aromatic rings. The van der Waals surface area contributed by atoms with Crippen molar-refractivity contribution >= 4 is 16.1 Å². The van der Waals surface area contributed by atoms with E-state index in [-0.39, 0.29) is 13.2 Å². The van der Waals surface area contributed by atoms with E-state index in [4.69, 9.17) is 24.7 Å². The summed E-state index contributed by atoms with van der Waals surface area (Å²) in [4.78, 5) is 9.00. The van der Waals surface area contributed by atoms with Crippen molar-refractivity contribution in [2.45, 2.75) is 6.92 Å². The maximum atomic E-state index is 10.7. The van der Waals surface area contributed by atoms with Crippen LogP contribution < -0.4 is 0 Å². The molecule has 0 aromatic carbocycles. The maximum absolute atomic E-state index is 10.7. The third-order valence-electron chi connectivity index (χ3n) is 0.238. The highest BCUT2D eigenvalue weighted by Crippen LogP contribution is 1.77. The summed E-state index contributed by atoms with van der Waals surface area (Å²) in [5.41, 5.74) is 0. The number of aliphatic carboxylic acids is 1.